The Hall–Kier alpha value is -1.81. The zero-order chi connectivity index (χ0) is 15.6. The molecular weight excluding hydrogens is 328 g/mol. The van der Waals surface area contributed by atoms with Crippen molar-refractivity contribution in [3.63, 3.8) is 0 Å². The molecule has 2 rings (SSSR count). The maximum absolute atomic E-state index is 12.2. The third-order valence-corrected chi connectivity index (χ3v) is 3.96. The molecule has 3 N–H and O–H groups in total. The van der Waals surface area contributed by atoms with Crippen LogP contribution in [0.2, 0.25) is 0 Å². The molecule has 0 aromatic heterocycles. The van der Waals surface area contributed by atoms with E-state index in [2.05, 4.69) is 42.0 Å². The van der Waals surface area contributed by atoms with Crippen LogP contribution in [0.5, 0.6) is 0 Å². The van der Waals surface area contributed by atoms with Crippen molar-refractivity contribution in [3.05, 3.63) is 58.1 Å². The van der Waals surface area contributed by atoms with Gasteiger partial charge in [-0.2, -0.15) is 0 Å². The molecule has 0 radical (unpaired) electrons. The smallest absolute Gasteiger partial charge is 0.255 e. The second kappa shape index (κ2) is 5.90. The first-order valence-electron chi connectivity index (χ1n) is 6.74. The molecule has 0 fully saturated rings. The van der Waals surface area contributed by atoms with Gasteiger partial charge in [-0.25, -0.2) is 0 Å². The van der Waals surface area contributed by atoms with E-state index in [9.17, 15) is 4.79 Å². The number of carbonyl (C=O) groups is 1. The number of nitrogens with two attached hydrogens (primary N) is 1. The Bertz CT molecular complexity index is 657. The lowest BCUT2D eigenvalue weighted by Gasteiger charge is -2.19. The van der Waals surface area contributed by atoms with Crippen LogP contribution in [-0.4, -0.2) is 5.91 Å². The van der Waals surface area contributed by atoms with E-state index in [4.69, 9.17) is 5.73 Å². The Balaban J connectivity index is 2.14. The minimum absolute atomic E-state index is 0.102. The zero-order valence-corrected chi connectivity index (χ0v) is 14.0. The molecule has 0 aliphatic rings. The van der Waals surface area contributed by atoms with E-state index in [1.54, 1.807) is 18.2 Å². The number of halogens is 1. The fraction of sp³-hybridized carbons (Fsp3) is 0.235. The van der Waals surface area contributed by atoms with Gasteiger partial charge in [-0.15, -0.1) is 0 Å². The van der Waals surface area contributed by atoms with Crippen LogP contribution in [0.3, 0.4) is 0 Å². The van der Waals surface area contributed by atoms with Crippen LogP contribution in [0.25, 0.3) is 0 Å². The predicted molar refractivity (Wildman–Crippen MR) is 91.6 cm³/mol. The fourth-order valence-electron chi connectivity index (χ4n) is 1.93. The molecule has 0 aliphatic heterocycles. The molecule has 0 saturated heterocycles. The van der Waals surface area contributed by atoms with Gasteiger partial charge in [0.05, 0.1) is 0 Å². The van der Waals surface area contributed by atoms with E-state index in [1.165, 1.54) is 5.56 Å². The monoisotopic (exact) mass is 346 g/mol. The molecule has 4 heteroatoms. The minimum Gasteiger partial charge on any atom is -0.398 e. The Morgan fingerprint density at radius 1 is 1.10 bits per heavy atom. The van der Waals surface area contributed by atoms with Crippen LogP contribution in [0.15, 0.2) is 46.9 Å². The summed E-state index contributed by atoms with van der Waals surface area (Å²) in [5.41, 5.74) is 9.01. The van der Waals surface area contributed by atoms with Crippen LogP contribution < -0.4 is 11.1 Å². The molecule has 2 aromatic carbocycles. The topological polar surface area (TPSA) is 55.1 Å². The van der Waals surface area contributed by atoms with Crippen LogP contribution >= 0.6 is 15.9 Å². The number of benzene rings is 2. The average Bonchev–Trinajstić information content (AvgIpc) is 2.41. The highest BCUT2D eigenvalue weighted by atomic mass is 79.9. The van der Waals surface area contributed by atoms with Crippen LogP contribution in [-0.2, 0) is 5.41 Å². The Kier molecular flexibility index (Phi) is 4.37. The molecule has 21 heavy (non-hydrogen) atoms. The first-order chi connectivity index (χ1) is 9.77. The minimum atomic E-state index is -0.154. The van der Waals surface area contributed by atoms with Crippen LogP contribution in [0.4, 0.5) is 11.4 Å². The summed E-state index contributed by atoms with van der Waals surface area (Å²) in [4.78, 5) is 12.2. The molecule has 1 amide bonds. The summed E-state index contributed by atoms with van der Waals surface area (Å²) in [6, 6.07) is 13.0. The van der Waals surface area contributed by atoms with Gasteiger partial charge >= 0.3 is 0 Å². The third kappa shape index (κ3) is 3.85. The lowest BCUT2D eigenvalue weighted by Crippen LogP contribution is -2.13. The average molecular weight is 347 g/mol. The van der Waals surface area contributed by atoms with Crippen molar-refractivity contribution in [2.75, 3.05) is 11.1 Å². The Labute approximate surface area is 133 Å². The van der Waals surface area contributed by atoms with Gasteiger partial charge < -0.3 is 11.1 Å². The SMILES string of the molecule is CC(C)(C)c1ccc(NC(=O)c2ccc(N)c(Br)c2)cc1. The summed E-state index contributed by atoms with van der Waals surface area (Å²) in [5.74, 6) is -0.154. The molecule has 0 unspecified atom stereocenters. The van der Waals surface area contributed by atoms with E-state index < -0.39 is 0 Å². The maximum atomic E-state index is 12.2. The maximum Gasteiger partial charge on any atom is 0.255 e. The molecule has 0 bridgehead atoms. The Morgan fingerprint density at radius 3 is 2.24 bits per heavy atom. The molecule has 2 aromatic rings. The van der Waals surface area contributed by atoms with Gasteiger partial charge in [-0.1, -0.05) is 32.9 Å². The summed E-state index contributed by atoms with van der Waals surface area (Å²) in [6.07, 6.45) is 0. The lowest BCUT2D eigenvalue weighted by molar-refractivity contribution is 0.102. The lowest BCUT2D eigenvalue weighted by atomic mass is 9.87. The molecule has 0 atom stereocenters. The number of rotatable bonds is 2. The molecule has 0 saturated carbocycles. The predicted octanol–water partition coefficient (Wildman–Crippen LogP) is 4.58. The number of hydrogen-bond acceptors (Lipinski definition) is 2. The largest absolute Gasteiger partial charge is 0.398 e. The quantitative estimate of drug-likeness (QED) is 0.781. The van der Waals surface area contributed by atoms with Crippen molar-refractivity contribution in [2.24, 2.45) is 0 Å². The van der Waals surface area contributed by atoms with Crippen molar-refractivity contribution in [1.29, 1.82) is 0 Å². The molecule has 0 aliphatic carbocycles. The van der Waals surface area contributed by atoms with E-state index in [0.717, 1.165) is 10.2 Å². The standard InChI is InChI=1S/C17H19BrN2O/c1-17(2,3)12-5-7-13(8-6-12)20-16(21)11-4-9-15(19)14(18)10-11/h4-10H,19H2,1-3H3,(H,20,21). The van der Waals surface area contributed by atoms with Crippen LogP contribution in [0.1, 0.15) is 36.7 Å². The highest BCUT2D eigenvalue weighted by Crippen LogP contribution is 2.24. The number of hydrogen-bond donors (Lipinski definition) is 2. The molecular formula is C17H19BrN2O. The van der Waals surface area contributed by atoms with Crippen molar-refractivity contribution < 1.29 is 4.79 Å². The summed E-state index contributed by atoms with van der Waals surface area (Å²) in [6.45, 7) is 6.48. The summed E-state index contributed by atoms with van der Waals surface area (Å²) in [5, 5.41) is 2.88. The number of nitrogen functional groups attached to an aromatic ring is 1. The first kappa shape index (κ1) is 15.6. The van der Waals surface area contributed by atoms with Gasteiger partial charge in [-0.05, 0) is 57.2 Å². The van der Waals surface area contributed by atoms with Gasteiger partial charge in [0.25, 0.3) is 5.91 Å². The second-order valence-corrected chi connectivity index (χ2v) is 6.87. The van der Waals surface area contributed by atoms with Crippen LogP contribution in [0, 0.1) is 0 Å². The van der Waals surface area contributed by atoms with E-state index in [-0.39, 0.29) is 11.3 Å². The van der Waals surface area contributed by atoms with Gasteiger partial charge in [0.15, 0.2) is 0 Å². The molecule has 3 nitrogen and oxygen atoms in total. The summed E-state index contributed by atoms with van der Waals surface area (Å²) in [7, 11) is 0. The van der Waals surface area contributed by atoms with Crippen molar-refractivity contribution in [1.82, 2.24) is 0 Å². The summed E-state index contributed by atoms with van der Waals surface area (Å²) >= 11 is 3.33. The highest BCUT2D eigenvalue weighted by Gasteiger charge is 2.13. The second-order valence-electron chi connectivity index (χ2n) is 6.02. The van der Waals surface area contributed by atoms with Crippen molar-refractivity contribution in [3.8, 4) is 0 Å². The van der Waals surface area contributed by atoms with Gasteiger partial charge in [0.1, 0.15) is 0 Å². The first-order valence-corrected chi connectivity index (χ1v) is 7.53. The van der Waals surface area contributed by atoms with E-state index in [1.807, 2.05) is 24.3 Å². The number of carbonyl (C=O) groups excluding carboxylic acids is 1. The molecule has 0 heterocycles. The summed E-state index contributed by atoms with van der Waals surface area (Å²) < 4.78 is 0.721. The number of nitrogens with one attached hydrogen (secondary N) is 1. The van der Waals surface area contributed by atoms with Crippen molar-refractivity contribution >= 4 is 33.2 Å². The van der Waals surface area contributed by atoms with Crippen molar-refractivity contribution in [2.45, 2.75) is 26.2 Å². The fourth-order valence-corrected chi connectivity index (χ4v) is 2.30. The van der Waals surface area contributed by atoms with E-state index in [0.29, 0.717) is 11.3 Å². The highest BCUT2D eigenvalue weighted by molar-refractivity contribution is 9.10. The zero-order valence-electron chi connectivity index (χ0n) is 12.4. The molecule has 110 valence electrons. The third-order valence-electron chi connectivity index (χ3n) is 3.27. The number of anilines is 2. The van der Waals surface area contributed by atoms with Gasteiger partial charge in [0, 0.05) is 21.4 Å². The van der Waals surface area contributed by atoms with Gasteiger partial charge in [-0.3, -0.25) is 4.79 Å². The Morgan fingerprint density at radius 2 is 1.71 bits per heavy atom. The van der Waals surface area contributed by atoms with Gasteiger partial charge in [0.2, 0.25) is 0 Å². The molecule has 0 spiro atoms. The normalized spacial score (nSPS) is 11.2. The van der Waals surface area contributed by atoms with E-state index >= 15 is 0 Å². The number of amides is 1.